The van der Waals surface area contributed by atoms with Crippen LogP contribution in [0.25, 0.3) is 6.08 Å². The molecule has 0 spiro atoms. The largest absolute Gasteiger partial charge is 0.481 e. The highest BCUT2D eigenvalue weighted by atomic mass is 16.4. The molecule has 1 aromatic carbocycles. The fourth-order valence-corrected chi connectivity index (χ4v) is 5.39. The number of piperidine rings is 1. The third-order valence-corrected chi connectivity index (χ3v) is 7.07. The van der Waals surface area contributed by atoms with E-state index in [9.17, 15) is 25.1 Å². The van der Waals surface area contributed by atoms with Gasteiger partial charge in [-0.1, -0.05) is 48.6 Å². The van der Waals surface area contributed by atoms with Gasteiger partial charge in [-0.2, -0.15) is 5.26 Å². The summed E-state index contributed by atoms with van der Waals surface area (Å²) in [5, 5.41) is 33.7. The van der Waals surface area contributed by atoms with Crippen molar-refractivity contribution in [2.45, 2.75) is 51.1 Å². The zero-order valence-electron chi connectivity index (χ0n) is 18.8. The van der Waals surface area contributed by atoms with Crippen LogP contribution in [0, 0.1) is 22.2 Å². The Labute approximate surface area is 193 Å². The number of aromatic nitrogens is 1. The van der Waals surface area contributed by atoms with E-state index in [-0.39, 0.29) is 19.3 Å². The lowest BCUT2D eigenvalue weighted by atomic mass is 9.50. The molecule has 1 aliphatic heterocycles. The molecule has 33 heavy (non-hydrogen) atoms. The third kappa shape index (κ3) is 4.27. The van der Waals surface area contributed by atoms with E-state index in [0.29, 0.717) is 5.69 Å². The first-order chi connectivity index (χ1) is 15.8. The van der Waals surface area contributed by atoms with Gasteiger partial charge in [0.15, 0.2) is 0 Å². The van der Waals surface area contributed by atoms with E-state index in [0.717, 1.165) is 5.56 Å². The van der Waals surface area contributed by atoms with Crippen molar-refractivity contribution >= 4 is 18.0 Å². The smallest absolute Gasteiger partial charge is 0.312 e. The van der Waals surface area contributed by atoms with Crippen LogP contribution in [0.15, 0.2) is 60.8 Å². The first kappa shape index (κ1) is 24.1. The van der Waals surface area contributed by atoms with Crippen molar-refractivity contribution in [1.29, 1.82) is 5.26 Å². The number of rotatable bonds is 8. The van der Waals surface area contributed by atoms with Crippen LogP contribution in [-0.4, -0.2) is 39.2 Å². The summed E-state index contributed by atoms with van der Waals surface area (Å²) < 4.78 is 0. The zero-order chi connectivity index (χ0) is 24.1. The Morgan fingerprint density at radius 1 is 1.06 bits per heavy atom. The molecule has 2 aromatic rings. The van der Waals surface area contributed by atoms with E-state index in [2.05, 4.69) is 10.3 Å². The number of carbonyl (C=O) groups is 2. The number of benzene rings is 1. The van der Waals surface area contributed by atoms with E-state index < -0.39 is 40.8 Å². The van der Waals surface area contributed by atoms with Crippen LogP contribution in [0.4, 0.5) is 0 Å². The summed E-state index contributed by atoms with van der Waals surface area (Å²) in [5.41, 5.74) is -1.70. The molecule has 0 aliphatic carbocycles. The highest BCUT2D eigenvalue weighted by Crippen LogP contribution is 2.58. The van der Waals surface area contributed by atoms with E-state index >= 15 is 0 Å². The van der Waals surface area contributed by atoms with Gasteiger partial charge in [0.1, 0.15) is 0 Å². The molecule has 1 fully saturated rings. The topological polar surface area (TPSA) is 123 Å². The van der Waals surface area contributed by atoms with Crippen LogP contribution in [0.3, 0.4) is 0 Å². The van der Waals surface area contributed by atoms with E-state index in [4.69, 9.17) is 0 Å². The number of nitriles is 1. The van der Waals surface area contributed by atoms with Crippen molar-refractivity contribution in [2.24, 2.45) is 10.8 Å². The molecule has 5 unspecified atom stereocenters. The molecular formula is C26H29N3O4. The molecule has 172 valence electrons. The number of carboxylic acid groups (broad SMARTS) is 2. The second-order valence-electron chi connectivity index (χ2n) is 8.66. The Morgan fingerprint density at radius 3 is 2.27 bits per heavy atom. The van der Waals surface area contributed by atoms with Gasteiger partial charge in [-0.15, -0.1) is 0 Å². The second kappa shape index (κ2) is 9.97. The molecule has 1 aliphatic rings. The highest BCUT2D eigenvalue weighted by Gasteiger charge is 2.66. The Bertz CT molecular complexity index is 1050. The highest BCUT2D eigenvalue weighted by molar-refractivity contribution is 5.84. The monoisotopic (exact) mass is 447 g/mol. The zero-order valence-corrected chi connectivity index (χ0v) is 18.8. The minimum atomic E-state index is -1.53. The summed E-state index contributed by atoms with van der Waals surface area (Å²) in [6, 6.07) is 15.6. The van der Waals surface area contributed by atoms with Crippen LogP contribution in [0.1, 0.15) is 50.3 Å². The molecule has 0 saturated carbocycles. The maximum atomic E-state index is 13.0. The Morgan fingerprint density at radius 2 is 1.70 bits per heavy atom. The van der Waals surface area contributed by atoms with Crippen molar-refractivity contribution < 1.29 is 19.8 Å². The molecule has 1 aromatic heterocycles. The first-order valence-electron chi connectivity index (χ1n) is 11.0. The molecule has 3 rings (SSSR count). The molecule has 7 nitrogen and oxygen atoms in total. The average Bonchev–Trinajstić information content (AvgIpc) is 2.80. The molecule has 5 atom stereocenters. The summed E-state index contributed by atoms with van der Waals surface area (Å²) in [4.78, 5) is 30.4. The molecule has 7 heteroatoms. The maximum Gasteiger partial charge on any atom is 0.312 e. The van der Waals surface area contributed by atoms with E-state index in [1.54, 1.807) is 44.3 Å². The third-order valence-electron chi connectivity index (χ3n) is 7.07. The summed E-state index contributed by atoms with van der Waals surface area (Å²) in [7, 11) is 0. The molecule has 0 bridgehead atoms. The Kier molecular flexibility index (Phi) is 7.29. The number of nitrogens with one attached hydrogen (secondary N) is 1. The van der Waals surface area contributed by atoms with E-state index in [1.165, 1.54) is 0 Å². The number of hydrogen-bond donors (Lipinski definition) is 3. The minimum Gasteiger partial charge on any atom is -0.481 e. The first-order valence-corrected chi connectivity index (χ1v) is 11.0. The fourth-order valence-electron chi connectivity index (χ4n) is 5.39. The predicted octanol–water partition coefficient (Wildman–Crippen LogP) is 4.09. The molecule has 3 N–H and O–H groups in total. The summed E-state index contributed by atoms with van der Waals surface area (Å²) in [6.45, 7) is 3.54. The lowest BCUT2D eigenvalue weighted by Crippen LogP contribution is -2.69. The van der Waals surface area contributed by atoms with Gasteiger partial charge in [-0.3, -0.25) is 14.6 Å². The van der Waals surface area contributed by atoms with Gasteiger partial charge in [-0.25, -0.2) is 0 Å². The van der Waals surface area contributed by atoms with Crippen LogP contribution < -0.4 is 5.32 Å². The Balaban J connectivity index is 2.23. The van der Waals surface area contributed by atoms with Gasteiger partial charge in [0.05, 0.1) is 16.9 Å². The predicted molar refractivity (Wildman–Crippen MR) is 124 cm³/mol. The summed E-state index contributed by atoms with van der Waals surface area (Å²) >= 11 is 0. The lowest BCUT2D eigenvalue weighted by molar-refractivity contribution is -0.173. The van der Waals surface area contributed by atoms with Gasteiger partial charge in [-0.05, 0) is 44.4 Å². The minimum absolute atomic E-state index is 0.00835. The number of aliphatic carboxylic acids is 2. The fraction of sp³-hybridized carbons (Fsp3) is 0.385. The molecule has 0 radical (unpaired) electrons. The van der Waals surface area contributed by atoms with Crippen molar-refractivity contribution in [3.05, 3.63) is 72.1 Å². The average molecular weight is 448 g/mol. The SMILES string of the molecule is CC1NC(C)C(CCC#N)(C(=O)O)C(c2ccccn2)C1(CC=Cc1ccccc1)C(=O)O. The molecule has 0 amide bonds. The van der Waals surface area contributed by atoms with E-state index in [1.807, 2.05) is 42.5 Å². The normalized spacial score (nSPS) is 29.4. The van der Waals surface area contributed by atoms with Crippen LogP contribution in [0.2, 0.25) is 0 Å². The number of carboxylic acids is 2. The van der Waals surface area contributed by atoms with Gasteiger partial charge in [0.2, 0.25) is 0 Å². The summed E-state index contributed by atoms with van der Waals surface area (Å²) in [6.07, 6.45) is 5.30. The number of nitrogens with zero attached hydrogens (tertiary/aromatic N) is 2. The Hall–Kier alpha value is -3.50. The maximum absolute atomic E-state index is 13.0. The molecule has 1 saturated heterocycles. The van der Waals surface area contributed by atoms with Crippen LogP contribution in [0.5, 0.6) is 0 Å². The van der Waals surface area contributed by atoms with Gasteiger partial charge >= 0.3 is 11.9 Å². The van der Waals surface area contributed by atoms with Gasteiger partial charge in [0, 0.05) is 36.3 Å². The van der Waals surface area contributed by atoms with Crippen molar-refractivity contribution in [2.75, 3.05) is 0 Å². The van der Waals surface area contributed by atoms with Crippen molar-refractivity contribution in [1.82, 2.24) is 10.3 Å². The van der Waals surface area contributed by atoms with Gasteiger partial charge in [0.25, 0.3) is 0 Å². The van der Waals surface area contributed by atoms with Gasteiger partial charge < -0.3 is 15.5 Å². The molecular weight excluding hydrogens is 418 g/mol. The molecule has 2 heterocycles. The van der Waals surface area contributed by atoms with Crippen LogP contribution >= 0.6 is 0 Å². The van der Waals surface area contributed by atoms with Crippen LogP contribution in [-0.2, 0) is 9.59 Å². The number of hydrogen-bond acceptors (Lipinski definition) is 5. The summed E-state index contributed by atoms with van der Waals surface area (Å²) in [5.74, 6) is -3.18. The second-order valence-corrected chi connectivity index (χ2v) is 8.66. The standard InChI is InChI=1S/C26H29N3O4/c1-18-25(23(30)31,14-8-12-20-10-4-3-5-11-20)22(21-13-6-7-17-28-21)26(24(32)33,15-9-16-27)19(2)29-18/h3-8,10-13,17-19,22,29H,9,14-15H2,1-2H3,(H,30,31)(H,32,33). The lowest BCUT2D eigenvalue weighted by Gasteiger charge is -2.56. The van der Waals surface area contributed by atoms with Crippen molar-refractivity contribution in [3.8, 4) is 6.07 Å². The van der Waals surface area contributed by atoms with Crippen molar-refractivity contribution in [3.63, 3.8) is 0 Å². The quantitative estimate of drug-likeness (QED) is 0.557. The number of pyridine rings is 1. The number of allylic oxidation sites excluding steroid dienone is 1.